The second-order valence-electron chi connectivity index (χ2n) is 7.08. The van der Waals surface area contributed by atoms with Gasteiger partial charge in [0.2, 0.25) is 0 Å². The van der Waals surface area contributed by atoms with Crippen molar-refractivity contribution in [3.05, 3.63) is 78.4 Å². The molecule has 0 saturated heterocycles. The molecule has 7 heteroatoms. The average Bonchev–Trinajstić information content (AvgIpc) is 3.26. The molecule has 0 fully saturated rings. The van der Waals surface area contributed by atoms with Crippen molar-refractivity contribution >= 4 is 11.8 Å². The molecule has 0 radical (unpaired) electrons. The van der Waals surface area contributed by atoms with Crippen LogP contribution in [0.5, 0.6) is 17.2 Å². The number of thioether (sulfide) groups is 1. The summed E-state index contributed by atoms with van der Waals surface area (Å²) >= 11 is 1.61. The summed E-state index contributed by atoms with van der Waals surface area (Å²) < 4.78 is 18.4. The van der Waals surface area contributed by atoms with Crippen LogP contribution in [0.4, 0.5) is 0 Å². The lowest BCUT2D eigenvalue weighted by Gasteiger charge is -2.11. The third kappa shape index (κ3) is 5.06. The second kappa shape index (κ2) is 10.2. The molecule has 0 amide bonds. The Morgan fingerprint density at radius 3 is 1.97 bits per heavy atom. The fraction of sp³-hybridized carbons (Fsp3) is 0.200. The third-order valence-electron chi connectivity index (χ3n) is 4.92. The van der Waals surface area contributed by atoms with Gasteiger partial charge < -0.3 is 14.2 Å². The maximum Gasteiger partial charge on any atom is 0.196 e. The zero-order chi connectivity index (χ0) is 22.3. The highest BCUT2D eigenvalue weighted by Crippen LogP contribution is 2.29. The minimum Gasteiger partial charge on any atom is -0.497 e. The molecule has 0 unspecified atom stereocenters. The van der Waals surface area contributed by atoms with E-state index in [-0.39, 0.29) is 0 Å². The van der Waals surface area contributed by atoms with Crippen molar-refractivity contribution in [2.24, 2.45) is 0 Å². The van der Waals surface area contributed by atoms with Gasteiger partial charge in [-0.1, -0.05) is 29.5 Å². The van der Waals surface area contributed by atoms with Gasteiger partial charge in [0.1, 0.15) is 17.2 Å². The normalized spacial score (nSPS) is 10.7. The molecule has 164 valence electrons. The summed E-state index contributed by atoms with van der Waals surface area (Å²) in [7, 11) is 3.31. The lowest BCUT2D eigenvalue weighted by atomic mass is 10.2. The van der Waals surface area contributed by atoms with Gasteiger partial charge in [-0.15, -0.1) is 10.2 Å². The minimum absolute atomic E-state index is 0.551. The van der Waals surface area contributed by atoms with Gasteiger partial charge in [-0.3, -0.25) is 4.57 Å². The first-order valence-electron chi connectivity index (χ1n) is 10.2. The van der Waals surface area contributed by atoms with E-state index in [1.165, 1.54) is 5.56 Å². The molecular weight excluding hydrogens is 422 g/mol. The number of hydrogen-bond acceptors (Lipinski definition) is 6. The summed E-state index contributed by atoms with van der Waals surface area (Å²) in [6.45, 7) is 2.63. The van der Waals surface area contributed by atoms with Crippen molar-refractivity contribution < 1.29 is 14.2 Å². The molecular formula is C25H25N3O3S. The number of methoxy groups -OCH3 is 2. The fourth-order valence-corrected chi connectivity index (χ4v) is 3.95. The van der Waals surface area contributed by atoms with Crippen molar-refractivity contribution in [2.75, 3.05) is 26.6 Å². The smallest absolute Gasteiger partial charge is 0.196 e. The summed E-state index contributed by atoms with van der Waals surface area (Å²) in [6.07, 6.45) is 0. The van der Waals surface area contributed by atoms with Gasteiger partial charge in [-0.2, -0.15) is 0 Å². The highest BCUT2D eigenvalue weighted by Gasteiger charge is 2.16. The predicted molar refractivity (Wildman–Crippen MR) is 127 cm³/mol. The lowest BCUT2D eigenvalue weighted by Crippen LogP contribution is -2.03. The highest BCUT2D eigenvalue weighted by atomic mass is 32.2. The van der Waals surface area contributed by atoms with E-state index in [4.69, 9.17) is 14.2 Å². The van der Waals surface area contributed by atoms with E-state index in [0.717, 1.165) is 45.2 Å². The van der Waals surface area contributed by atoms with E-state index in [9.17, 15) is 0 Å². The number of nitrogens with zero attached hydrogens (tertiary/aromatic N) is 3. The Balaban J connectivity index is 1.52. The summed E-state index contributed by atoms with van der Waals surface area (Å²) in [5, 5.41) is 9.78. The zero-order valence-electron chi connectivity index (χ0n) is 18.3. The lowest BCUT2D eigenvalue weighted by molar-refractivity contribution is 0.342. The Kier molecular flexibility index (Phi) is 6.97. The van der Waals surface area contributed by atoms with E-state index >= 15 is 0 Å². The van der Waals surface area contributed by atoms with E-state index < -0.39 is 0 Å². The largest absolute Gasteiger partial charge is 0.497 e. The monoisotopic (exact) mass is 447 g/mol. The molecule has 6 nitrogen and oxygen atoms in total. The SMILES string of the molecule is COc1ccc(OCCSc2nnc(-c3ccc(OC)cc3)n2-c2ccc(C)cc2)cc1. The summed E-state index contributed by atoms with van der Waals surface area (Å²) in [4.78, 5) is 0. The van der Waals surface area contributed by atoms with Crippen molar-refractivity contribution in [1.82, 2.24) is 14.8 Å². The standard InChI is InChI=1S/C25H25N3O3S/c1-18-4-8-20(9-5-18)28-24(19-6-10-21(29-2)11-7-19)26-27-25(28)32-17-16-31-23-14-12-22(30-3)13-15-23/h4-15H,16-17H2,1-3H3. The molecule has 0 aliphatic heterocycles. The number of hydrogen-bond donors (Lipinski definition) is 0. The van der Waals surface area contributed by atoms with Crippen LogP contribution in [0.25, 0.3) is 17.1 Å². The molecule has 3 aromatic carbocycles. The zero-order valence-corrected chi connectivity index (χ0v) is 19.1. The molecule has 1 aromatic heterocycles. The molecule has 32 heavy (non-hydrogen) atoms. The van der Waals surface area contributed by atoms with Crippen molar-refractivity contribution in [3.8, 4) is 34.3 Å². The van der Waals surface area contributed by atoms with E-state index in [1.54, 1.807) is 26.0 Å². The number of aromatic nitrogens is 3. The first kappa shape index (κ1) is 21.8. The second-order valence-corrected chi connectivity index (χ2v) is 8.14. The first-order valence-corrected chi connectivity index (χ1v) is 11.2. The van der Waals surface area contributed by atoms with Crippen molar-refractivity contribution in [1.29, 1.82) is 0 Å². The molecule has 0 bridgehead atoms. The Morgan fingerprint density at radius 2 is 1.34 bits per heavy atom. The van der Waals surface area contributed by atoms with Gasteiger partial charge in [-0.05, 0) is 67.6 Å². The molecule has 0 saturated carbocycles. The van der Waals surface area contributed by atoms with Crippen LogP contribution in [-0.2, 0) is 0 Å². The van der Waals surface area contributed by atoms with Crippen LogP contribution in [-0.4, -0.2) is 41.3 Å². The van der Waals surface area contributed by atoms with Crippen LogP contribution in [0.2, 0.25) is 0 Å². The van der Waals surface area contributed by atoms with Crippen LogP contribution in [0, 0.1) is 6.92 Å². The van der Waals surface area contributed by atoms with E-state index in [0.29, 0.717) is 6.61 Å². The summed E-state index contributed by atoms with van der Waals surface area (Å²) in [5.74, 6) is 3.95. The van der Waals surface area contributed by atoms with Gasteiger partial charge in [0, 0.05) is 17.0 Å². The molecule has 1 heterocycles. The van der Waals surface area contributed by atoms with Gasteiger partial charge in [0.05, 0.1) is 20.8 Å². The Hall–Kier alpha value is -3.45. The number of rotatable bonds is 9. The van der Waals surface area contributed by atoms with Crippen LogP contribution in [0.3, 0.4) is 0 Å². The maximum absolute atomic E-state index is 5.86. The molecule has 4 aromatic rings. The number of benzene rings is 3. The quantitative estimate of drug-likeness (QED) is 0.252. The van der Waals surface area contributed by atoms with Crippen molar-refractivity contribution in [2.45, 2.75) is 12.1 Å². The summed E-state index contributed by atoms with van der Waals surface area (Å²) in [5.41, 5.74) is 3.19. The van der Waals surface area contributed by atoms with E-state index in [2.05, 4.69) is 46.0 Å². The van der Waals surface area contributed by atoms with Gasteiger partial charge in [0.25, 0.3) is 0 Å². The third-order valence-corrected chi connectivity index (χ3v) is 5.81. The highest BCUT2D eigenvalue weighted by molar-refractivity contribution is 7.99. The molecule has 4 rings (SSSR count). The van der Waals surface area contributed by atoms with Gasteiger partial charge >= 0.3 is 0 Å². The van der Waals surface area contributed by atoms with Crippen LogP contribution >= 0.6 is 11.8 Å². The molecule has 0 spiro atoms. The Labute approximate surface area is 192 Å². The van der Waals surface area contributed by atoms with E-state index in [1.807, 2.05) is 48.5 Å². The Morgan fingerprint density at radius 1 is 0.750 bits per heavy atom. The molecule has 0 aliphatic carbocycles. The molecule has 0 atom stereocenters. The molecule has 0 N–H and O–H groups in total. The van der Waals surface area contributed by atoms with Gasteiger partial charge in [-0.25, -0.2) is 0 Å². The predicted octanol–water partition coefficient (Wildman–Crippen LogP) is 5.43. The molecule has 0 aliphatic rings. The Bertz CT molecular complexity index is 1140. The topological polar surface area (TPSA) is 58.4 Å². The van der Waals surface area contributed by atoms with Gasteiger partial charge in [0.15, 0.2) is 11.0 Å². The van der Waals surface area contributed by atoms with Crippen LogP contribution in [0.15, 0.2) is 78.0 Å². The maximum atomic E-state index is 5.86. The first-order chi connectivity index (χ1) is 15.7. The summed E-state index contributed by atoms with van der Waals surface area (Å²) in [6, 6.07) is 23.8. The minimum atomic E-state index is 0.551. The number of ether oxygens (including phenoxy) is 3. The average molecular weight is 448 g/mol. The van der Waals surface area contributed by atoms with Crippen LogP contribution < -0.4 is 14.2 Å². The van der Waals surface area contributed by atoms with Crippen molar-refractivity contribution in [3.63, 3.8) is 0 Å². The van der Waals surface area contributed by atoms with Crippen LogP contribution in [0.1, 0.15) is 5.56 Å². The number of aryl methyl sites for hydroxylation is 1. The fourth-order valence-electron chi connectivity index (χ4n) is 3.18.